The van der Waals surface area contributed by atoms with Gasteiger partial charge < -0.3 is 38.9 Å². The van der Waals surface area contributed by atoms with Crippen LogP contribution in [0.4, 0.5) is 32.5 Å². The monoisotopic (exact) mass is 1100 g/mol. The lowest BCUT2D eigenvalue weighted by atomic mass is 9.82. The zero-order valence-corrected chi connectivity index (χ0v) is 44.7. The molecule has 404 valence electrons. The first-order valence-corrected chi connectivity index (χ1v) is 27.4. The Morgan fingerprint density at radius 3 is 1.85 bits per heavy atom. The molecule has 78 heavy (non-hydrogen) atoms. The summed E-state index contributed by atoms with van der Waals surface area (Å²) in [5.74, 6) is 0.593. The minimum atomic E-state index is -0.981. The number of carbonyl (C=O) groups excluding carboxylic acids is 4. The fourth-order valence-corrected chi connectivity index (χ4v) is 12.4. The summed E-state index contributed by atoms with van der Waals surface area (Å²) in [7, 11) is 0. The maximum Gasteiger partial charge on any atom is 0.534 e. The third-order valence-corrected chi connectivity index (χ3v) is 17.0. The molecule has 7 aliphatic rings. The number of anilines is 2. The molecular weight excluding hydrogens is 1040 g/mol. The van der Waals surface area contributed by atoms with Crippen LogP contribution in [0, 0.1) is 13.1 Å². The molecule has 20 nitrogen and oxygen atoms in total. The van der Waals surface area contributed by atoms with E-state index in [2.05, 4.69) is 66.5 Å². The van der Waals surface area contributed by atoms with Crippen LogP contribution in [0.15, 0.2) is 73.6 Å². The summed E-state index contributed by atoms with van der Waals surface area (Å²) >= 11 is 12.6. The second kappa shape index (κ2) is 21.7. The van der Waals surface area contributed by atoms with Crippen molar-refractivity contribution in [1.29, 1.82) is 0 Å². The van der Waals surface area contributed by atoms with Gasteiger partial charge in [-0.15, -0.1) is 0 Å². The van der Waals surface area contributed by atoms with Crippen LogP contribution in [0.1, 0.15) is 129 Å². The number of halogens is 2. The van der Waals surface area contributed by atoms with Crippen molar-refractivity contribution in [2.24, 2.45) is 0 Å². The molecule has 4 unspecified atom stereocenters. The minimum absolute atomic E-state index is 0.0867. The molecule has 6 aromatic rings. The second-order valence-electron chi connectivity index (χ2n) is 21.7. The van der Waals surface area contributed by atoms with Gasteiger partial charge in [0.1, 0.15) is 46.7 Å². The lowest BCUT2D eigenvalue weighted by Crippen LogP contribution is -2.50. The summed E-state index contributed by atoms with van der Waals surface area (Å²) in [4.78, 5) is 77.8. The number of nitrogens with one attached hydrogen (secondary N) is 2. The molecule has 0 spiro atoms. The second-order valence-corrected chi connectivity index (χ2v) is 22.5. The molecule has 2 aliphatic carbocycles. The van der Waals surface area contributed by atoms with E-state index in [9.17, 15) is 19.2 Å². The lowest BCUT2D eigenvalue weighted by molar-refractivity contribution is -0.184. The predicted octanol–water partition coefficient (Wildman–Crippen LogP) is 12.7. The van der Waals surface area contributed by atoms with Gasteiger partial charge in [-0.05, 0) is 140 Å². The van der Waals surface area contributed by atoms with Gasteiger partial charge in [-0.2, -0.15) is 0 Å². The SMILES string of the molecule is CC1(OC(=O)ON2C(=O)CCC2=O)CCC1.[C-]#[N+]c1ccc(Nc2ncnc3c2ccn3C2CC3CCC(C2)N3)c(Cl)c1.[C-]#[N+]c1ccc(Oc2ncnc3c2ccn3C2CC3CCC(C2)N3C(=O)OC2(C)CCC2)c(Cl)c1. The van der Waals surface area contributed by atoms with Gasteiger partial charge in [0.2, 0.25) is 5.88 Å². The summed E-state index contributed by atoms with van der Waals surface area (Å²) in [6.45, 7) is 18.1. The number of benzene rings is 2. The number of imide groups is 1. The van der Waals surface area contributed by atoms with Gasteiger partial charge in [-0.25, -0.2) is 39.2 Å². The molecule has 4 atom stereocenters. The van der Waals surface area contributed by atoms with Crippen molar-refractivity contribution in [3.8, 4) is 11.6 Å². The third-order valence-electron chi connectivity index (χ3n) is 16.4. The van der Waals surface area contributed by atoms with Crippen LogP contribution in [-0.4, -0.2) is 98.5 Å². The van der Waals surface area contributed by atoms with Crippen LogP contribution in [0.25, 0.3) is 31.8 Å². The largest absolute Gasteiger partial charge is 0.534 e. The molecule has 2 saturated carbocycles. The molecule has 3 amide bonds. The quantitative estimate of drug-likeness (QED) is 0.0785. The minimum Gasteiger partial charge on any atom is -0.443 e. The Balaban J connectivity index is 0.000000133. The number of piperidine rings is 2. The summed E-state index contributed by atoms with van der Waals surface area (Å²) in [6, 6.07) is 16.5. The number of aromatic nitrogens is 6. The Morgan fingerprint density at radius 1 is 0.692 bits per heavy atom. The van der Waals surface area contributed by atoms with E-state index in [0.29, 0.717) is 56.2 Å². The van der Waals surface area contributed by atoms with Gasteiger partial charge in [0.25, 0.3) is 11.8 Å². The highest BCUT2D eigenvalue weighted by molar-refractivity contribution is 6.33. The molecule has 9 heterocycles. The smallest absolute Gasteiger partial charge is 0.443 e. The number of fused-ring (bicyclic) bond motifs is 6. The highest BCUT2D eigenvalue weighted by Gasteiger charge is 2.47. The van der Waals surface area contributed by atoms with E-state index in [0.717, 1.165) is 111 Å². The van der Waals surface area contributed by atoms with Crippen LogP contribution < -0.4 is 15.4 Å². The van der Waals surface area contributed by atoms with Crippen molar-refractivity contribution < 1.29 is 38.2 Å². The highest BCUT2D eigenvalue weighted by atomic mass is 35.5. The molecule has 2 N–H and O–H groups in total. The van der Waals surface area contributed by atoms with Crippen molar-refractivity contribution in [3.05, 3.63) is 106 Å². The van der Waals surface area contributed by atoms with Gasteiger partial charge >= 0.3 is 12.2 Å². The number of ether oxygens (including phenoxy) is 3. The number of rotatable bonds is 9. The third kappa shape index (κ3) is 10.9. The van der Waals surface area contributed by atoms with Gasteiger partial charge in [0.05, 0.1) is 39.6 Å². The van der Waals surface area contributed by atoms with Gasteiger partial charge in [-0.1, -0.05) is 40.4 Å². The zero-order chi connectivity index (χ0) is 54.3. The van der Waals surface area contributed by atoms with Gasteiger partial charge in [0, 0.05) is 61.5 Å². The molecule has 5 aliphatic heterocycles. The highest BCUT2D eigenvalue weighted by Crippen LogP contribution is 2.45. The number of carbonyl (C=O) groups is 4. The fraction of sp³-hybridized carbons (Fsp3) is 0.464. The van der Waals surface area contributed by atoms with Crippen molar-refractivity contribution in [2.75, 3.05) is 5.32 Å². The van der Waals surface area contributed by atoms with Crippen LogP contribution in [0.5, 0.6) is 11.6 Å². The first kappa shape index (κ1) is 52.5. The van der Waals surface area contributed by atoms with Crippen LogP contribution in [0.2, 0.25) is 10.0 Å². The first-order valence-electron chi connectivity index (χ1n) is 26.6. The van der Waals surface area contributed by atoms with Gasteiger partial charge in [-0.3, -0.25) is 14.4 Å². The van der Waals surface area contributed by atoms with E-state index in [4.69, 9.17) is 50.6 Å². The average molecular weight is 1100 g/mol. The average Bonchev–Trinajstić information content (AvgIpc) is 4.42. The van der Waals surface area contributed by atoms with E-state index in [-0.39, 0.29) is 42.7 Å². The van der Waals surface area contributed by atoms with E-state index in [1.165, 1.54) is 19.2 Å². The molecular formula is C56H58Cl2N12O8. The molecule has 22 heteroatoms. The first-order chi connectivity index (χ1) is 37.6. The van der Waals surface area contributed by atoms with Crippen molar-refractivity contribution in [1.82, 2.24) is 44.4 Å². The van der Waals surface area contributed by atoms with Crippen molar-refractivity contribution >= 4 is 92.2 Å². The Morgan fingerprint density at radius 2 is 1.26 bits per heavy atom. The van der Waals surface area contributed by atoms with Gasteiger partial charge in [0.15, 0.2) is 11.4 Å². The Hall–Kier alpha value is -7.52. The van der Waals surface area contributed by atoms with Crippen LogP contribution >= 0.6 is 23.2 Å². The van der Waals surface area contributed by atoms with Crippen LogP contribution in [0.3, 0.4) is 0 Å². The summed E-state index contributed by atoms with van der Waals surface area (Å²) in [5, 5.41) is 10.1. The maximum absolute atomic E-state index is 13.0. The van der Waals surface area contributed by atoms with Crippen LogP contribution in [-0.2, 0) is 23.9 Å². The van der Waals surface area contributed by atoms with E-state index in [1.807, 2.05) is 30.2 Å². The summed E-state index contributed by atoms with van der Waals surface area (Å²) < 4.78 is 21.4. The normalized spacial score (nSPS) is 24.1. The number of hydroxylamine groups is 2. The molecule has 4 aromatic heterocycles. The van der Waals surface area contributed by atoms with Crippen molar-refractivity contribution in [3.63, 3.8) is 0 Å². The Labute approximate surface area is 460 Å². The molecule has 4 bridgehead atoms. The number of hydrogen-bond acceptors (Lipinski definition) is 14. The Kier molecular flexibility index (Phi) is 14.6. The summed E-state index contributed by atoms with van der Waals surface area (Å²) in [5.41, 5.74) is 2.67. The van der Waals surface area contributed by atoms with E-state index < -0.39 is 23.6 Å². The van der Waals surface area contributed by atoms with E-state index in [1.54, 1.807) is 43.6 Å². The lowest BCUT2D eigenvalue weighted by Gasteiger charge is -2.43. The molecule has 13 rings (SSSR count). The fourth-order valence-electron chi connectivity index (χ4n) is 11.9. The molecule has 7 fully saturated rings. The predicted molar refractivity (Wildman–Crippen MR) is 289 cm³/mol. The van der Waals surface area contributed by atoms with E-state index >= 15 is 0 Å². The standard InChI is InChI=1S/C26H26ClN5O3.C20H19ClN6.C10H13NO5/c1-26(9-3-10-26)35-25(33)32-17-5-6-18(32)14-19(13-17)31-11-8-20-23(31)29-15-30-24(20)34-22-7-4-16(28-2)12-21(22)27;1-22-12-4-5-18(17(21)10-12)26-19-16-6-7-27(20(16)24-11-23-19)15-8-13-2-3-14(9-15)25-13;1-10(5-2-6-10)15-9(14)16-11-7(12)3-4-8(11)13/h4,7-8,11-12,15,17-19H,3,5-6,9-10,13-14H2,1H3;4-7,10-11,13-15,25H,2-3,8-9H2,(H,23,24,26);2-6H2,1H3. The number of amides is 3. The maximum atomic E-state index is 13.0. The Bertz CT molecular complexity index is 3360. The number of nitrogens with zero attached hydrogens (tertiary/aromatic N) is 10. The molecule has 2 aromatic carbocycles. The topological polar surface area (TPSA) is 206 Å². The molecule has 0 radical (unpaired) electrons. The van der Waals surface area contributed by atoms with Crippen molar-refractivity contribution in [2.45, 2.75) is 164 Å². The zero-order valence-electron chi connectivity index (χ0n) is 43.2. The number of hydrogen-bond donors (Lipinski definition) is 2. The molecule has 5 saturated heterocycles. The summed E-state index contributed by atoms with van der Waals surface area (Å²) in [6.07, 6.45) is 20.5.